The van der Waals surface area contributed by atoms with Gasteiger partial charge >= 0.3 is 0 Å². The molecule has 292 valence electrons. The first-order valence-electron chi connectivity index (χ1n) is 22.7. The molecule has 0 atom stereocenters. The van der Waals surface area contributed by atoms with Gasteiger partial charge in [-0.05, 0) is 85.8 Å². The molecule has 2 nitrogen and oxygen atoms in total. The van der Waals surface area contributed by atoms with Crippen molar-refractivity contribution in [3.8, 4) is 11.5 Å². The highest BCUT2D eigenvalue weighted by Crippen LogP contribution is 2.36. The number of hydrogen-bond donors (Lipinski definition) is 2. The van der Waals surface area contributed by atoms with Crippen LogP contribution in [0.15, 0.2) is 24.3 Å². The van der Waals surface area contributed by atoms with Gasteiger partial charge in [0, 0.05) is 17.5 Å². The van der Waals surface area contributed by atoms with Gasteiger partial charge in [-0.2, -0.15) is 0 Å². The Morgan fingerprint density at radius 3 is 0.843 bits per heavy atom. The zero-order chi connectivity index (χ0) is 36.8. The fourth-order valence-electron chi connectivity index (χ4n) is 8.18. The Bertz CT molecular complexity index is 1030. The Balaban J connectivity index is 2.31. The lowest BCUT2D eigenvalue weighted by Crippen LogP contribution is -2.07. The van der Waals surface area contributed by atoms with Gasteiger partial charge in [-0.3, -0.25) is 0 Å². The summed E-state index contributed by atoms with van der Waals surface area (Å²) in [7, 11) is 0. The number of unbranched alkanes of at least 4 members (excludes halogenated alkanes) is 24. The number of phenols is 2. The van der Waals surface area contributed by atoms with Crippen LogP contribution >= 0.6 is 0 Å². The largest absolute Gasteiger partial charge is 0.508 e. The lowest BCUT2D eigenvalue weighted by Gasteiger charge is -2.21. The average molecular weight is 705 g/mol. The van der Waals surface area contributed by atoms with Crippen LogP contribution in [0.3, 0.4) is 0 Å². The van der Waals surface area contributed by atoms with Crippen molar-refractivity contribution >= 4 is 0 Å². The molecule has 0 aliphatic heterocycles. The first-order valence-corrected chi connectivity index (χ1v) is 22.7. The van der Waals surface area contributed by atoms with Crippen LogP contribution in [0.1, 0.15) is 241 Å². The summed E-state index contributed by atoms with van der Waals surface area (Å²) in [5.74, 6) is 0.852. The zero-order valence-electron chi connectivity index (χ0n) is 34.5. The third-order valence-corrected chi connectivity index (χ3v) is 11.5. The third-order valence-electron chi connectivity index (χ3n) is 11.5. The summed E-state index contributed by atoms with van der Waals surface area (Å²) >= 11 is 0. The molecular weight excluding hydrogens is 621 g/mol. The van der Waals surface area contributed by atoms with E-state index >= 15 is 0 Å². The smallest absolute Gasteiger partial charge is 0.119 e. The van der Waals surface area contributed by atoms with Crippen molar-refractivity contribution in [3.63, 3.8) is 0 Å². The molecule has 0 aliphatic rings. The summed E-state index contributed by atoms with van der Waals surface area (Å²) in [5.41, 5.74) is 7.82. The standard InChI is InChI=1S/C49H84O2/c1-5-9-13-17-21-25-29-33-42-37-39-48(50)46(44(42)35-31-27-23-19-15-11-7-3)41-47-45(36-32-28-24-20-16-12-8-4)43(38-40-49(47)51)34-30-26-22-18-14-10-6-2/h37-40,50-51H,5-36,41H2,1-4H3. The van der Waals surface area contributed by atoms with Crippen LogP contribution in [-0.2, 0) is 32.1 Å². The monoisotopic (exact) mass is 705 g/mol. The van der Waals surface area contributed by atoms with Crippen molar-refractivity contribution in [1.29, 1.82) is 0 Å². The molecule has 2 aromatic rings. The van der Waals surface area contributed by atoms with Crippen molar-refractivity contribution in [2.75, 3.05) is 0 Å². The van der Waals surface area contributed by atoms with Crippen molar-refractivity contribution in [2.24, 2.45) is 0 Å². The number of aryl methyl sites for hydroxylation is 2. The van der Waals surface area contributed by atoms with Crippen molar-refractivity contribution in [2.45, 2.75) is 240 Å². The SMILES string of the molecule is CCCCCCCCCc1ccc(O)c(Cc2c(O)ccc(CCCCCCCCC)c2CCCCCCCCC)c1CCCCCCCCC. The molecule has 0 saturated heterocycles. The maximum Gasteiger partial charge on any atom is 0.119 e. The highest BCUT2D eigenvalue weighted by atomic mass is 16.3. The van der Waals surface area contributed by atoms with Gasteiger partial charge in [0.2, 0.25) is 0 Å². The van der Waals surface area contributed by atoms with E-state index in [0.717, 1.165) is 36.8 Å². The molecule has 0 radical (unpaired) electrons. The summed E-state index contributed by atoms with van der Waals surface area (Å²) in [6.45, 7) is 9.17. The molecule has 2 rings (SSSR count). The molecule has 0 bridgehead atoms. The summed E-state index contributed by atoms with van der Waals surface area (Å²) in [5, 5.41) is 23.0. The van der Waals surface area contributed by atoms with E-state index in [1.54, 1.807) is 0 Å². The first kappa shape index (κ1) is 45.2. The topological polar surface area (TPSA) is 40.5 Å². The second kappa shape index (κ2) is 30.5. The van der Waals surface area contributed by atoms with Gasteiger partial charge < -0.3 is 10.2 Å². The second-order valence-corrected chi connectivity index (χ2v) is 16.1. The summed E-state index contributed by atoms with van der Waals surface area (Å²) in [4.78, 5) is 0. The molecule has 0 aliphatic carbocycles. The Morgan fingerprint density at radius 2 is 0.549 bits per heavy atom. The molecule has 0 saturated carbocycles. The van der Waals surface area contributed by atoms with Crippen LogP contribution in [0.4, 0.5) is 0 Å². The number of hydrogen-bond acceptors (Lipinski definition) is 2. The normalized spacial score (nSPS) is 11.5. The summed E-state index contributed by atoms with van der Waals surface area (Å²) in [6.07, 6.45) is 41.6. The van der Waals surface area contributed by atoms with Crippen LogP contribution in [0.25, 0.3) is 0 Å². The predicted octanol–water partition coefficient (Wildman–Crippen LogP) is 15.9. The van der Waals surface area contributed by atoms with Gasteiger partial charge in [-0.25, -0.2) is 0 Å². The van der Waals surface area contributed by atoms with Gasteiger partial charge in [0.05, 0.1) is 0 Å². The Kier molecular flexibility index (Phi) is 27.0. The Hall–Kier alpha value is -1.96. The molecule has 51 heavy (non-hydrogen) atoms. The predicted molar refractivity (Wildman–Crippen MR) is 226 cm³/mol. The highest BCUT2D eigenvalue weighted by Gasteiger charge is 2.19. The quantitative estimate of drug-likeness (QED) is 0.0712. The van der Waals surface area contributed by atoms with Crippen LogP contribution in [-0.4, -0.2) is 10.2 Å². The molecule has 0 fully saturated rings. The minimum atomic E-state index is 0.426. The van der Waals surface area contributed by atoms with Gasteiger partial charge in [0.1, 0.15) is 11.5 Å². The molecule has 0 heterocycles. The molecule has 0 amide bonds. The molecule has 0 spiro atoms. The van der Waals surface area contributed by atoms with Gasteiger partial charge in [0.25, 0.3) is 0 Å². The summed E-state index contributed by atoms with van der Waals surface area (Å²) < 4.78 is 0. The maximum absolute atomic E-state index is 11.5. The molecule has 0 unspecified atom stereocenters. The van der Waals surface area contributed by atoms with Crippen LogP contribution in [0, 0.1) is 0 Å². The van der Waals surface area contributed by atoms with Gasteiger partial charge in [-0.1, -0.05) is 194 Å². The lowest BCUT2D eigenvalue weighted by atomic mass is 9.85. The molecule has 2 N–H and O–H groups in total. The molecular formula is C49H84O2. The average Bonchev–Trinajstić information content (AvgIpc) is 3.13. The van der Waals surface area contributed by atoms with E-state index in [1.807, 2.05) is 12.1 Å². The number of benzene rings is 2. The summed E-state index contributed by atoms with van der Waals surface area (Å²) in [6, 6.07) is 8.39. The van der Waals surface area contributed by atoms with E-state index < -0.39 is 0 Å². The van der Waals surface area contributed by atoms with E-state index in [0.29, 0.717) is 17.9 Å². The molecule has 2 heteroatoms. The van der Waals surface area contributed by atoms with E-state index in [4.69, 9.17) is 0 Å². The van der Waals surface area contributed by atoms with Crippen LogP contribution in [0.2, 0.25) is 0 Å². The lowest BCUT2D eigenvalue weighted by molar-refractivity contribution is 0.460. The van der Waals surface area contributed by atoms with E-state index in [2.05, 4.69) is 39.8 Å². The van der Waals surface area contributed by atoms with E-state index in [9.17, 15) is 10.2 Å². The minimum Gasteiger partial charge on any atom is -0.508 e. The zero-order valence-corrected chi connectivity index (χ0v) is 34.5. The molecule has 0 aromatic heterocycles. The fourth-order valence-corrected chi connectivity index (χ4v) is 8.18. The minimum absolute atomic E-state index is 0.426. The van der Waals surface area contributed by atoms with E-state index in [-0.39, 0.29) is 0 Å². The molecule has 2 aromatic carbocycles. The van der Waals surface area contributed by atoms with Crippen molar-refractivity contribution in [3.05, 3.63) is 57.6 Å². The number of aromatic hydroxyl groups is 2. The van der Waals surface area contributed by atoms with Gasteiger partial charge in [0.15, 0.2) is 0 Å². The first-order chi connectivity index (χ1) is 25.1. The van der Waals surface area contributed by atoms with Crippen LogP contribution in [0.5, 0.6) is 11.5 Å². The Labute approximate surface area is 318 Å². The maximum atomic E-state index is 11.5. The van der Waals surface area contributed by atoms with Crippen LogP contribution < -0.4 is 0 Å². The number of rotatable bonds is 34. The Morgan fingerprint density at radius 1 is 0.294 bits per heavy atom. The van der Waals surface area contributed by atoms with Crippen molar-refractivity contribution in [1.82, 2.24) is 0 Å². The second-order valence-electron chi connectivity index (χ2n) is 16.1. The number of phenolic OH excluding ortho intramolecular Hbond substituents is 2. The third kappa shape index (κ3) is 19.6. The van der Waals surface area contributed by atoms with Gasteiger partial charge in [-0.15, -0.1) is 0 Å². The fraction of sp³-hybridized carbons (Fsp3) is 0.755. The highest BCUT2D eigenvalue weighted by molar-refractivity contribution is 5.53. The van der Waals surface area contributed by atoms with E-state index in [1.165, 1.54) is 202 Å². The van der Waals surface area contributed by atoms with Crippen molar-refractivity contribution < 1.29 is 10.2 Å².